The van der Waals surface area contributed by atoms with E-state index < -0.39 is 5.60 Å². The Bertz CT molecular complexity index is 583. The fourth-order valence-corrected chi connectivity index (χ4v) is 4.84. The van der Waals surface area contributed by atoms with Crippen LogP contribution in [0.4, 0.5) is 4.79 Å². The average Bonchev–Trinajstić information content (AvgIpc) is 2.48. The summed E-state index contributed by atoms with van der Waals surface area (Å²) in [7, 11) is 0. The minimum Gasteiger partial charge on any atom is -0.444 e. The Morgan fingerprint density at radius 1 is 0.828 bits per heavy atom. The molecule has 3 fully saturated rings. The van der Waals surface area contributed by atoms with Gasteiger partial charge in [0.15, 0.2) is 0 Å². The van der Waals surface area contributed by atoms with Crippen LogP contribution < -0.4 is 0 Å². The Balaban J connectivity index is 1.37. The van der Waals surface area contributed by atoms with E-state index in [0.29, 0.717) is 5.41 Å². The largest absolute Gasteiger partial charge is 0.444 e. The number of amides is 1. The van der Waals surface area contributed by atoms with Crippen LogP contribution in [0.25, 0.3) is 0 Å². The van der Waals surface area contributed by atoms with Gasteiger partial charge in [-0.05, 0) is 68.4 Å². The maximum absolute atomic E-state index is 12.2. The molecule has 1 amide bonds. The number of nitrogens with zero attached hydrogens (tertiary/aromatic N) is 4. The van der Waals surface area contributed by atoms with Gasteiger partial charge in [-0.15, -0.1) is 0 Å². The van der Waals surface area contributed by atoms with Crippen molar-refractivity contribution in [1.82, 2.24) is 19.6 Å². The van der Waals surface area contributed by atoms with Crippen LogP contribution in [0.1, 0.15) is 61.8 Å². The van der Waals surface area contributed by atoms with Crippen LogP contribution in [-0.4, -0.2) is 101 Å². The second-order valence-electron chi connectivity index (χ2n) is 12.3. The lowest BCUT2D eigenvalue weighted by Crippen LogP contribution is -2.76. The van der Waals surface area contributed by atoms with Gasteiger partial charge in [0.2, 0.25) is 0 Å². The van der Waals surface area contributed by atoms with Gasteiger partial charge in [0.1, 0.15) is 5.60 Å². The summed E-state index contributed by atoms with van der Waals surface area (Å²) in [6, 6.07) is 0. The summed E-state index contributed by atoms with van der Waals surface area (Å²) in [4.78, 5) is 21.9. The molecule has 0 aromatic carbocycles. The molecule has 0 aromatic rings. The summed E-state index contributed by atoms with van der Waals surface area (Å²) in [5.74, 6) is 0. The van der Waals surface area contributed by atoms with Gasteiger partial charge in [0.05, 0.1) is 0 Å². The fraction of sp³-hybridized carbons (Fsp3) is 0.957. The molecule has 1 spiro atoms. The number of hydrogen-bond acceptors (Lipinski definition) is 5. The molecule has 0 atom stereocenters. The molecule has 3 heterocycles. The lowest BCUT2D eigenvalue weighted by Gasteiger charge is -2.63. The van der Waals surface area contributed by atoms with Crippen molar-refractivity contribution in [3.8, 4) is 0 Å². The molecule has 0 saturated carbocycles. The first-order valence-electron chi connectivity index (χ1n) is 11.4. The highest BCUT2D eigenvalue weighted by Gasteiger charge is 2.56. The predicted octanol–water partition coefficient (Wildman–Crippen LogP) is 3.12. The summed E-state index contributed by atoms with van der Waals surface area (Å²) in [5, 5.41) is 0. The van der Waals surface area contributed by atoms with Crippen molar-refractivity contribution < 1.29 is 9.53 Å². The average molecular weight is 409 g/mol. The van der Waals surface area contributed by atoms with Gasteiger partial charge >= 0.3 is 6.09 Å². The van der Waals surface area contributed by atoms with E-state index in [2.05, 4.69) is 49.3 Å². The summed E-state index contributed by atoms with van der Waals surface area (Å²) >= 11 is 0. The van der Waals surface area contributed by atoms with Crippen molar-refractivity contribution in [2.75, 3.05) is 58.9 Å². The minimum atomic E-state index is -0.411. The lowest BCUT2D eigenvalue weighted by molar-refractivity contribution is -0.145. The summed E-state index contributed by atoms with van der Waals surface area (Å²) < 4.78 is 5.50. The molecule has 0 radical (unpaired) electrons. The van der Waals surface area contributed by atoms with E-state index >= 15 is 0 Å². The highest BCUT2D eigenvalue weighted by molar-refractivity contribution is 5.69. The van der Waals surface area contributed by atoms with Crippen LogP contribution in [0.15, 0.2) is 0 Å². The first-order valence-corrected chi connectivity index (χ1v) is 11.4. The van der Waals surface area contributed by atoms with Crippen molar-refractivity contribution in [2.45, 2.75) is 78.5 Å². The maximum atomic E-state index is 12.2. The molecule has 0 unspecified atom stereocenters. The standard InChI is InChI=1S/C23H44N4O2/c1-20(2,3)26-13-11-24(12-14-26)10-9-22(7,8)27-17-23(18-27)15-25(16-23)19(28)29-21(4,5)6/h9-18H2,1-8H3. The van der Waals surface area contributed by atoms with Gasteiger partial charge in [-0.3, -0.25) is 9.80 Å². The smallest absolute Gasteiger partial charge is 0.410 e. The number of likely N-dealkylation sites (tertiary alicyclic amines) is 2. The quantitative estimate of drug-likeness (QED) is 0.715. The van der Waals surface area contributed by atoms with Gasteiger partial charge in [0.25, 0.3) is 0 Å². The molecule has 0 aromatic heterocycles. The SMILES string of the molecule is CC(C)(C)OC(=O)N1CC2(C1)CN(C(C)(C)CCN1CCN(C(C)(C)C)CC1)C2. The Hall–Kier alpha value is -0.850. The fourth-order valence-electron chi connectivity index (χ4n) is 4.84. The molecule has 0 bridgehead atoms. The van der Waals surface area contributed by atoms with E-state index in [-0.39, 0.29) is 17.2 Å². The van der Waals surface area contributed by atoms with Gasteiger partial charge in [-0.2, -0.15) is 0 Å². The number of carbonyl (C=O) groups is 1. The van der Waals surface area contributed by atoms with Crippen LogP contribution in [0.3, 0.4) is 0 Å². The number of rotatable bonds is 4. The minimum absolute atomic E-state index is 0.157. The molecular weight excluding hydrogens is 364 g/mol. The summed E-state index contributed by atoms with van der Waals surface area (Å²) in [6.07, 6.45) is 1.05. The van der Waals surface area contributed by atoms with E-state index in [9.17, 15) is 4.79 Å². The zero-order chi connectivity index (χ0) is 21.7. The van der Waals surface area contributed by atoms with Crippen LogP contribution in [-0.2, 0) is 4.74 Å². The molecule has 0 aliphatic carbocycles. The molecule has 6 heteroatoms. The zero-order valence-electron chi connectivity index (χ0n) is 20.2. The molecule has 6 nitrogen and oxygen atoms in total. The number of hydrogen-bond donors (Lipinski definition) is 0. The third-order valence-corrected chi connectivity index (χ3v) is 6.97. The topological polar surface area (TPSA) is 39.3 Å². The third-order valence-electron chi connectivity index (χ3n) is 6.97. The van der Waals surface area contributed by atoms with Crippen molar-refractivity contribution in [3.63, 3.8) is 0 Å². The van der Waals surface area contributed by atoms with Gasteiger partial charge in [-0.25, -0.2) is 4.79 Å². The monoisotopic (exact) mass is 408 g/mol. The van der Waals surface area contributed by atoms with Crippen molar-refractivity contribution >= 4 is 6.09 Å². The molecule has 168 valence electrons. The van der Waals surface area contributed by atoms with Crippen molar-refractivity contribution in [1.29, 1.82) is 0 Å². The first kappa shape index (κ1) is 22.8. The Labute approximate surface area is 178 Å². The Kier molecular flexibility index (Phi) is 6.05. The van der Waals surface area contributed by atoms with Gasteiger partial charge in [0, 0.05) is 68.9 Å². The second kappa shape index (κ2) is 7.69. The molecule has 0 N–H and O–H groups in total. The number of carbonyl (C=O) groups excluding carboxylic acids is 1. The Morgan fingerprint density at radius 2 is 1.38 bits per heavy atom. The first-order chi connectivity index (χ1) is 13.2. The van der Waals surface area contributed by atoms with Crippen LogP contribution in [0, 0.1) is 5.41 Å². The highest BCUT2D eigenvalue weighted by atomic mass is 16.6. The molecule has 3 saturated heterocycles. The maximum Gasteiger partial charge on any atom is 0.410 e. The third kappa shape index (κ3) is 5.45. The molecule has 3 aliphatic heterocycles. The normalized spacial score (nSPS) is 24.3. The number of piperazine rings is 1. The van der Waals surface area contributed by atoms with Crippen LogP contribution in [0.5, 0.6) is 0 Å². The van der Waals surface area contributed by atoms with E-state index in [1.165, 1.54) is 39.1 Å². The van der Waals surface area contributed by atoms with E-state index in [4.69, 9.17) is 4.74 Å². The van der Waals surface area contributed by atoms with Gasteiger partial charge < -0.3 is 14.5 Å². The Morgan fingerprint density at radius 3 is 1.86 bits per heavy atom. The van der Waals surface area contributed by atoms with Crippen LogP contribution in [0.2, 0.25) is 0 Å². The van der Waals surface area contributed by atoms with E-state index in [0.717, 1.165) is 26.2 Å². The van der Waals surface area contributed by atoms with E-state index in [1.807, 2.05) is 25.7 Å². The van der Waals surface area contributed by atoms with Crippen molar-refractivity contribution in [2.24, 2.45) is 5.41 Å². The molecule has 3 rings (SSSR count). The second-order valence-corrected chi connectivity index (χ2v) is 12.3. The summed E-state index contributed by atoms with van der Waals surface area (Å²) in [6.45, 7) is 27.3. The lowest BCUT2D eigenvalue weighted by atomic mass is 9.70. The van der Waals surface area contributed by atoms with Crippen molar-refractivity contribution in [3.05, 3.63) is 0 Å². The van der Waals surface area contributed by atoms with E-state index in [1.54, 1.807) is 0 Å². The highest BCUT2D eigenvalue weighted by Crippen LogP contribution is 2.44. The molecule has 29 heavy (non-hydrogen) atoms. The predicted molar refractivity (Wildman–Crippen MR) is 118 cm³/mol. The zero-order valence-corrected chi connectivity index (χ0v) is 20.2. The summed E-state index contributed by atoms with van der Waals surface area (Å²) in [5.41, 5.74) is 0.407. The molecule has 3 aliphatic rings. The molecular formula is C23H44N4O2. The van der Waals surface area contributed by atoms with Gasteiger partial charge in [-0.1, -0.05) is 0 Å². The number of ether oxygens (including phenoxy) is 1. The van der Waals surface area contributed by atoms with Crippen LogP contribution >= 0.6 is 0 Å².